The van der Waals surface area contributed by atoms with Crippen molar-refractivity contribution in [3.63, 3.8) is 0 Å². The largest absolute Gasteiger partial charge is 0.293 e. The van der Waals surface area contributed by atoms with Crippen LogP contribution in [0.15, 0.2) is 30.6 Å². The number of hydrogen-bond donors (Lipinski definition) is 0. The Labute approximate surface area is 145 Å². The molecule has 130 valence electrons. The third-order valence-corrected chi connectivity index (χ3v) is 4.17. The molecule has 0 amide bonds. The first kappa shape index (κ1) is 16.1. The Kier molecular flexibility index (Phi) is 3.64. The van der Waals surface area contributed by atoms with E-state index in [2.05, 4.69) is 25.3 Å². The zero-order chi connectivity index (χ0) is 18.4. The summed E-state index contributed by atoms with van der Waals surface area (Å²) in [4.78, 5) is 23.7. The number of rotatable bonds is 3. The molecule has 7 nitrogen and oxygen atoms in total. The minimum Gasteiger partial charge on any atom is -0.293 e. The normalized spacial score (nSPS) is 12.6. The third-order valence-electron chi connectivity index (χ3n) is 4.17. The molecule has 4 aromatic rings. The summed E-state index contributed by atoms with van der Waals surface area (Å²) in [6.45, 7) is 2.92. The summed E-state index contributed by atoms with van der Waals surface area (Å²) in [5, 5.41) is 7.98. The predicted molar refractivity (Wildman–Crippen MR) is 88.6 cm³/mol. The van der Waals surface area contributed by atoms with Crippen molar-refractivity contribution in [1.29, 1.82) is 0 Å². The Hall–Kier alpha value is -3.36. The van der Waals surface area contributed by atoms with Crippen molar-refractivity contribution < 1.29 is 13.6 Å². The first-order valence-electron chi connectivity index (χ1n) is 7.79. The molecular weight excluding hydrogens is 342 g/mol. The van der Waals surface area contributed by atoms with Gasteiger partial charge < -0.3 is 0 Å². The van der Waals surface area contributed by atoms with E-state index in [-0.39, 0.29) is 39.2 Å². The van der Waals surface area contributed by atoms with Crippen LogP contribution in [0.4, 0.5) is 8.78 Å². The maximum absolute atomic E-state index is 14.9. The molecular formula is C17H12F2N6O. The van der Waals surface area contributed by atoms with Crippen LogP contribution in [0.1, 0.15) is 35.9 Å². The van der Waals surface area contributed by atoms with Crippen molar-refractivity contribution in [2.45, 2.75) is 19.9 Å². The van der Waals surface area contributed by atoms with Crippen LogP contribution >= 0.6 is 0 Å². The van der Waals surface area contributed by atoms with Crippen LogP contribution in [-0.2, 0) is 0 Å². The van der Waals surface area contributed by atoms with E-state index in [0.717, 1.165) is 0 Å². The quantitative estimate of drug-likeness (QED) is 0.526. The number of hydrogen-bond acceptors (Lipinski definition) is 6. The summed E-state index contributed by atoms with van der Waals surface area (Å²) in [5.74, 6) is -1.76. The number of carbonyl (C=O) groups excluding carboxylic acids is 1. The Bertz CT molecular complexity index is 1170. The Morgan fingerprint density at radius 3 is 2.85 bits per heavy atom. The second-order valence-corrected chi connectivity index (χ2v) is 5.82. The van der Waals surface area contributed by atoms with Crippen LogP contribution in [0.5, 0.6) is 0 Å². The highest BCUT2D eigenvalue weighted by molar-refractivity contribution is 5.93. The fourth-order valence-corrected chi connectivity index (χ4v) is 2.83. The highest BCUT2D eigenvalue weighted by Gasteiger charge is 2.24. The van der Waals surface area contributed by atoms with Gasteiger partial charge in [0, 0.05) is 30.1 Å². The molecule has 0 aliphatic carbocycles. The lowest BCUT2D eigenvalue weighted by atomic mass is 10.0. The van der Waals surface area contributed by atoms with Crippen molar-refractivity contribution in [3.8, 4) is 0 Å². The average Bonchev–Trinajstić information content (AvgIpc) is 3.04. The van der Waals surface area contributed by atoms with Gasteiger partial charge in [0.25, 0.3) is 0 Å². The number of carbonyl (C=O) groups is 1. The van der Waals surface area contributed by atoms with E-state index in [1.54, 1.807) is 13.0 Å². The first-order valence-corrected chi connectivity index (χ1v) is 7.79. The summed E-state index contributed by atoms with van der Waals surface area (Å²) < 4.78 is 30.8. The van der Waals surface area contributed by atoms with Crippen molar-refractivity contribution >= 4 is 28.0 Å². The number of halogens is 2. The first-order chi connectivity index (χ1) is 12.5. The number of benzene rings is 1. The van der Waals surface area contributed by atoms with Gasteiger partial charge in [-0.25, -0.2) is 23.4 Å². The molecule has 9 heteroatoms. The van der Waals surface area contributed by atoms with Gasteiger partial charge in [0.1, 0.15) is 17.3 Å². The molecule has 0 saturated carbocycles. The molecule has 1 aromatic carbocycles. The lowest BCUT2D eigenvalue weighted by Crippen LogP contribution is -2.14. The SMILES string of the molecule is CC(=O)c1cnc2nnn(C(C)c3c(F)cc4ncccc4c3F)c2n1. The minimum atomic E-state index is -0.860. The van der Waals surface area contributed by atoms with E-state index >= 15 is 0 Å². The molecule has 26 heavy (non-hydrogen) atoms. The molecule has 3 aromatic heterocycles. The van der Waals surface area contributed by atoms with E-state index < -0.39 is 17.7 Å². The predicted octanol–water partition coefficient (Wildman–Crippen LogP) is 2.86. The van der Waals surface area contributed by atoms with Gasteiger partial charge in [-0.1, -0.05) is 5.21 Å². The Morgan fingerprint density at radius 1 is 1.27 bits per heavy atom. The molecule has 0 spiro atoms. The standard InChI is InChI=1S/C17H12F2N6O/c1-8(14-11(18)6-12-10(15(14)19)4-3-5-20-12)25-17-16(23-24-25)21-7-13(22-17)9(2)26/h3-8H,1-2H3. The molecule has 0 radical (unpaired) electrons. The lowest BCUT2D eigenvalue weighted by Gasteiger charge is -2.15. The Balaban J connectivity index is 1.92. The van der Waals surface area contributed by atoms with Crippen LogP contribution in [0.2, 0.25) is 0 Å². The molecule has 0 bridgehead atoms. The molecule has 0 N–H and O–H groups in total. The van der Waals surface area contributed by atoms with E-state index in [4.69, 9.17) is 0 Å². The molecule has 1 unspecified atom stereocenters. The van der Waals surface area contributed by atoms with Gasteiger partial charge in [-0.2, -0.15) is 0 Å². The van der Waals surface area contributed by atoms with E-state index in [9.17, 15) is 13.6 Å². The van der Waals surface area contributed by atoms with E-state index in [1.807, 2.05) is 0 Å². The maximum Gasteiger partial charge on any atom is 0.221 e. The van der Waals surface area contributed by atoms with Crippen LogP contribution < -0.4 is 0 Å². The minimum absolute atomic E-state index is 0.122. The van der Waals surface area contributed by atoms with Crippen LogP contribution in [0, 0.1) is 11.6 Å². The van der Waals surface area contributed by atoms with Gasteiger partial charge in [0.2, 0.25) is 5.65 Å². The van der Waals surface area contributed by atoms with Gasteiger partial charge in [0.15, 0.2) is 11.4 Å². The van der Waals surface area contributed by atoms with Crippen molar-refractivity contribution in [1.82, 2.24) is 29.9 Å². The van der Waals surface area contributed by atoms with E-state index in [1.165, 1.54) is 36.1 Å². The highest BCUT2D eigenvalue weighted by Crippen LogP contribution is 2.30. The van der Waals surface area contributed by atoms with Crippen LogP contribution in [-0.4, -0.2) is 35.7 Å². The molecule has 0 fully saturated rings. The van der Waals surface area contributed by atoms with Gasteiger partial charge in [-0.3, -0.25) is 9.78 Å². The molecule has 4 rings (SSSR count). The van der Waals surface area contributed by atoms with E-state index in [0.29, 0.717) is 0 Å². The van der Waals surface area contributed by atoms with Crippen molar-refractivity contribution in [3.05, 3.63) is 53.5 Å². The zero-order valence-corrected chi connectivity index (χ0v) is 13.8. The number of fused-ring (bicyclic) bond motifs is 2. The number of aromatic nitrogens is 6. The number of pyridine rings is 1. The average molecular weight is 354 g/mol. The fourth-order valence-electron chi connectivity index (χ4n) is 2.83. The molecule has 0 aliphatic rings. The summed E-state index contributed by atoms with van der Waals surface area (Å²) >= 11 is 0. The van der Waals surface area contributed by atoms with Gasteiger partial charge in [0.05, 0.1) is 17.8 Å². The lowest BCUT2D eigenvalue weighted by molar-refractivity contribution is 0.101. The van der Waals surface area contributed by atoms with Crippen LogP contribution in [0.3, 0.4) is 0 Å². The zero-order valence-electron chi connectivity index (χ0n) is 13.8. The molecule has 0 aliphatic heterocycles. The van der Waals surface area contributed by atoms with Gasteiger partial charge in [-0.05, 0) is 19.1 Å². The summed E-state index contributed by atoms with van der Waals surface area (Å²) in [7, 11) is 0. The summed E-state index contributed by atoms with van der Waals surface area (Å²) in [5.41, 5.74) is 0.519. The Morgan fingerprint density at radius 2 is 2.08 bits per heavy atom. The molecule has 0 saturated heterocycles. The van der Waals surface area contributed by atoms with Gasteiger partial charge >= 0.3 is 0 Å². The number of Topliss-reactive ketones (excluding diaryl/α,β-unsaturated/α-hetero) is 1. The molecule has 1 atom stereocenters. The maximum atomic E-state index is 14.9. The van der Waals surface area contributed by atoms with Gasteiger partial charge in [-0.15, -0.1) is 5.10 Å². The smallest absolute Gasteiger partial charge is 0.221 e. The monoisotopic (exact) mass is 354 g/mol. The van der Waals surface area contributed by atoms with Crippen LogP contribution in [0.25, 0.3) is 22.2 Å². The second kappa shape index (κ2) is 5.87. The number of nitrogens with zero attached hydrogens (tertiary/aromatic N) is 6. The summed E-state index contributed by atoms with van der Waals surface area (Å²) in [6, 6.07) is 3.42. The fraction of sp³-hybridized carbons (Fsp3) is 0.176. The highest BCUT2D eigenvalue weighted by atomic mass is 19.1. The summed E-state index contributed by atoms with van der Waals surface area (Å²) in [6.07, 6.45) is 2.76. The van der Waals surface area contributed by atoms with Crippen molar-refractivity contribution in [2.24, 2.45) is 0 Å². The second-order valence-electron chi connectivity index (χ2n) is 5.82. The third kappa shape index (κ3) is 2.40. The number of ketones is 1. The van der Waals surface area contributed by atoms with Crippen molar-refractivity contribution in [2.75, 3.05) is 0 Å². The topological polar surface area (TPSA) is 86.5 Å². The molecule has 3 heterocycles.